The van der Waals surface area contributed by atoms with Crippen LogP contribution in [-0.4, -0.2) is 75.3 Å². The Morgan fingerprint density at radius 2 is 1.79 bits per heavy atom. The number of nitrogens with zero attached hydrogens (tertiary/aromatic N) is 5. The van der Waals surface area contributed by atoms with Crippen molar-refractivity contribution in [2.75, 3.05) is 39.0 Å². The van der Waals surface area contributed by atoms with Gasteiger partial charge in [-0.15, -0.1) is 0 Å². The average Bonchev–Trinajstić information content (AvgIpc) is 3.06. The zero-order valence-electron chi connectivity index (χ0n) is 25.6. The van der Waals surface area contributed by atoms with Gasteiger partial charge in [0.1, 0.15) is 5.56 Å². The number of likely N-dealkylation sites (N-methyl/N-ethyl adjacent to an activating group) is 1. The Balaban J connectivity index is 1.27. The van der Waals surface area contributed by atoms with Crippen LogP contribution in [0.15, 0.2) is 84.2 Å². The largest absolute Gasteiger partial charge is 0.351 e. The molecule has 0 bridgehead atoms. The number of rotatable bonds is 10. The first-order valence-corrected chi connectivity index (χ1v) is 14.5. The number of benzene rings is 3. The van der Waals surface area contributed by atoms with Crippen molar-refractivity contribution in [3.8, 4) is 11.8 Å². The van der Waals surface area contributed by atoms with Gasteiger partial charge in [-0.05, 0) is 74.3 Å². The van der Waals surface area contributed by atoms with Gasteiger partial charge in [-0.2, -0.15) is 0 Å². The van der Waals surface area contributed by atoms with Crippen LogP contribution in [0.3, 0.4) is 0 Å². The standard InChI is InChI=1S/C34H30F2N8O3/c1-43(2)15-13-38-31(45)24-7-9-26(10-8-24)41-34-39-18-25-16-22(6-12-30(25)42-34)4-3-14-44(20-23-5-11-28(35)29(36)17-23)33(47)27-19-37-21-40-32(27)46/h5-12,16-19,21H,13-15,20H2,1-2H3,(H,38,45)(H,37,40,46)(H,39,41,42). The fourth-order valence-electron chi connectivity index (χ4n) is 4.46. The third-order valence-corrected chi connectivity index (χ3v) is 6.92. The lowest BCUT2D eigenvalue weighted by atomic mass is 10.1. The van der Waals surface area contributed by atoms with Crippen molar-refractivity contribution in [1.82, 2.24) is 35.1 Å². The molecule has 0 saturated heterocycles. The molecule has 0 aliphatic carbocycles. The van der Waals surface area contributed by atoms with E-state index in [1.807, 2.05) is 19.0 Å². The number of halogens is 2. The fraction of sp³-hybridized carbons (Fsp3) is 0.176. The number of fused-ring (bicyclic) bond motifs is 1. The molecule has 0 saturated carbocycles. The molecule has 0 spiro atoms. The molecule has 5 rings (SSSR count). The van der Waals surface area contributed by atoms with Crippen LogP contribution in [0.1, 0.15) is 31.8 Å². The van der Waals surface area contributed by atoms with Crippen LogP contribution in [0, 0.1) is 23.5 Å². The molecule has 0 aliphatic heterocycles. The predicted molar refractivity (Wildman–Crippen MR) is 173 cm³/mol. The van der Waals surface area contributed by atoms with Crippen molar-refractivity contribution >= 4 is 34.4 Å². The van der Waals surface area contributed by atoms with E-state index < -0.39 is 23.1 Å². The minimum atomic E-state index is -1.05. The average molecular weight is 637 g/mol. The quantitative estimate of drug-likeness (QED) is 0.198. The number of aromatic nitrogens is 4. The number of H-pyrrole nitrogens is 1. The number of hydrogen-bond acceptors (Lipinski definition) is 8. The summed E-state index contributed by atoms with van der Waals surface area (Å²) in [5.41, 5.74) is 2.03. The van der Waals surface area contributed by atoms with Crippen molar-refractivity contribution in [2.24, 2.45) is 0 Å². The van der Waals surface area contributed by atoms with E-state index in [1.165, 1.54) is 11.0 Å². The minimum Gasteiger partial charge on any atom is -0.351 e. The highest BCUT2D eigenvalue weighted by molar-refractivity contribution is 5.94. The van der Waals surface area contributed by atoms with Gasteiger partial charge in [0, 0.05) is 54.2 Å². The van der Waals surface area contributed by atoms with E-state index in [2.05, 4.69) is 42.4 Å². The molecule has 0 unspecified atom stereocenters. The summed E-state index contributed by atoms with van der Waals surface area (Å²) in [4.78, 5) is 56.1. The van der Waals surface area contributed by atoms with Crippen LogP contribution in [0.2, 0.25) is 0 Å². The van der Waals surface area contributed by atoms with Crippen molar-refractivity contribution in [2.45, 2.75) is 6.54 Å². The molecule has 0 fully saturated rings. The third kappa shape index (κ3) is 8.59. The van der Waals surface area contributed by atoms with Gasteiger partial charge in [-0.1, -0.05) is 17.9 Å². The van der Waals surface area contributed by atoms with Crippen LogP contribution >= 0.6 is 0 Å². The molecule has 2 heterocycles. The second-order valence-corrected chi connectivity index (χ2v) is 10.7. The van der Waals surface area contributed by atoms with Crippen LogP contribution < -0.4 is 16.2 Å². The normalized spacial score (nSPS) is 10.7. The van der Waals surface area contributed by atoms with E-state index in [0.29, 0.717) is 40.4 Å². The third-order valence-electron chi connectivity index (χ3n) is 6.92. The molecule has 0 atom stereocenters. The van der Waals surface area contributed by atoms with E-state index in [0.717, 1.165) is 36.6 Å². The summed E-state index contributed by atoms with van der Waals surface area (Å²) in [7, 11) is 3.88. The molecule has 47 heavy (non-hydrogen) atoms. The van der Waals surface area contributed by atoms with Crippen LogP contribution in [0.25, 0.3) is 10.9 Å². The van der Waals surface area contributed by atoms with E-state index in [1.54, 1.807) is 48.7 Å². The van der Waals surface area contributed by atoms with Crippen molar-refractivity contribution < 1.29 is 18.4 Å². The maximum atomic E-state index is 13.8. The van der Waals surface area contributed by atoms with E-state index in [9.17, 15) is 23.2 Å². The van der Waals surface area contributed by atoms with Crippen molar-refractivity contribution in [3.05, 3.63) is 124 Å². The van der Waals surface area contributed by atoms with Crippen LogP contribution in [-0.2, 0) is 6.54 Å². The SMILES string of the molecule is CN(C)CCNC(=O)c1ccc(Nc2ncc3cc(C#CCN(Cc4ccc(F)c(F)c4)C(=O)c4cnc[nH]c4=O)ccc3n2)cc1. The highest BCUT2D eigenvalue weighted by Gasteiger charge is 2.19. The molecule has 13 heteroatoms. The van der Waals surface area contributed by atoms with E-state index >= 15 is 0 Å². The summed E-state index contributed by atoms with van der Waals surface area (Å²) < 4.78 is 27.3. The molecule has 0 aliphatic rings. The number of carbonyl (C=O) groups is 2. The Hall–Kier alpha value is -6.00. The zero-order valence-corrected chi connectivity index (χ0v) is 25.6. The van der Waals surface area contributed by atoms with Gasteiger partial charge in [0.05, 0.1) is 18.4 Å². The first kappa shape index (κ1) is 32.4. The molecular weight excluding hydrogens is 606 g/mol. The topological polar surface area (TPSA) is 136 Å². The Bertz CT molecular complexity index is 2040. The van der Waals surface area contributed by atoms with Gasteiger partial charge in [0.15, 0.2) is 11.6 Å². The first-order valence-electron chi connectivity index (χ1n) is 14.5. The van der Waals surface area contributed by atoms with Gasteiger partial charge in [-0.25, -0.2) is 23.7 Å². The number of hydrogen-bond donors (Lipinski definition) is 3. The molecule has 2 aromatic heterocycles. The highest BCUT2D eigenvalue weighted by atomic mass is 19.2. The van der Waals surface area contributed by atoms with Crippen molar-refractivity contribution in [3.63, 3.8) is 0 Å². The fourth-order valence-corrected chi connectivity index (χ4v) is 4.46. The second-order valence-electron chi connectivity index (χ2n) is 10.7. The maximum Gasteiger partial charge on any atom is 0.263 e. The summed E-state index contributed by atoms with van der Waals surface area (Å²) in [6.07, 6.45) is 3.95. The molecule has 5 aromatic rings. The zero-order chi connectivity index (χ0) is 33.3. The molecule has 3 N–H and O–H groups in total. The summed E-state index contributed by atoms with van der Waals surface area (Å²) in [6.45, 7) is 1.07. The highest BCUT2D eigenvalue weighted by Crippen LogP contribution is 2.19. The number of carbonyl (C=O) groups excluding carboxylic acids is 2. The monoisotopic (exact) mass is 636 g/mol. The lowest BCUT2D eigenvalue weighted by Gasteiger charge is -2.20. The summed E-state index contributed by atoms with van der Waals surface area (Å²) in [5, 5.41) is 6.74. The van der Waals surface area contributed by atoms with Gasteiger partial charge in [-0.3, -0.25) is 14.4 Å². The predicted octanol–water partition coefficient (Wildman–Crippen LogP) is 3.72. The lowest BCUT2D eigenvalue weighted by molar-refractivity contribution is 0.0763. The summed E-state index contributed by atoms with van der Waals surface area (Å²) >= 11 is 0. The Kier molecular flexibility index (Phi) is 10.2. The smallest absolute Gasteiger partial charge is 0.263 e. The minimum absolute atomic E-state index is 0.111. The van der Waals surface area contributed by atoms with Crippen LogP contribution in [0.4, 0.5) is 20.4 Å². The Morgan fingerprint density at radius 1 is 0.979 bits per heavy atom. The molecular formula is C34H30F2N8O3. The van der Waals surface area contributed by atoms with Gasteiger partial charge in [0.25, 0.3) is 17.4 Å². The number of anilines is 2. The molecule has 238 valence electrons. The number of aromatic amines is 1. The first-order chi connectivity index (χ1) is 22.7. The molecule has 0 radical (unpaired) electrons. The molecule has 3 aromatic carbocycles. The van der Waals surface area contributed by atoms with E-state index in [4.69, 9.17) is 0 Å². The molecule has 11 nitrogen and oxygen atoms in total. The van der Waals surface area contributed by atoms with E-state index in [-0.39, 0.29) is 24.6 Å². The van der Waals surface area contributed by atoms with Gasteiger partial charge >= 0.3 is 0 Å². The lowest BCUT2D eigenvalue weighted by Crippen LogP contribution is -2.35. The van der Waals surface area contributed by atoms with Crippen LogP contribution in [0.5, 0.6) is 0 Å². The van der Waals surface area contributed by atoms with Gasteiger partial charge in [0.2, 0.25) is 5.95 Å². The Labute approximate surface area is 268 Å². The maximum absolute atomic E-state index is 13.8. The van der Waals surface area contributed by atoms with Crippen molar-refractivity contribution in [1.29, 1.82) is 0 Å². The Morgan fingerprint density at radius 3 is 2.53 bits per heavy atom. The molecule has 2 amide bonds. The number of amides is 2. The second kappa shape index (κ2) is 14.9. The summed E-state index contributed by atoms with van der Waals surface area (Å²) in [6, 6.07) is 15.7. The number of nitrogens with one attached hydrogen (secondary N) is 3. The summed E-state index contributed by atoms with van der Waals surface area (Å²) in [5.74, 6) is 3.42. The van der Waals surface area contributed by atoms with Gasteiger partial charge < -0.3 is 25.4 Å².